The molecule has 0 saturated heterocycles. The number of aromatic nitrogens is 2. The molecule has 0 aliphatic carbocycles. The number of benzene rings is 3. The summed E-state index contributed by atoms with van der Waals surface area (Å²) in [7, 11) is 0. The number of hydrogen-bond donors (Lipinski definition) is 0. The maximum absolute atomic E-state index is 12.9. The van der Waals surface area contributed by atoms with Crippen molar-refractivity contribution in [3.8, 4) is 5.69 Å². The third kappa shape index (κ3) is 4.23. The normalized spacial score (nSPS) is 11.9. The van der Waals surface area contributed by atoms with Crippen molar-refractivity contribution in [3.05, 3.63) is 112 Å². The highest BCUT2D eigenvalue weighted by atomic mass is 19.4. The molecule has 1 aromatic heterocycles. The third-order valence-corrected chi connectivity index (χ3v) is 5.02. The second-order valence-corrected chi connectivity index (χ2v) is 7.18. The lowest BCUT2D eigenvalue weighted by Crippen LogP contribution is -2.22. The maximum atomic E-state index is 12.9. The summed E-state index contributed by atoms with van der Waals surface area (Å²) in [5.74, 6) is 0.215. The lowest BCUT2D eigenvalue weighted by atomic mass is 10.1. The molecule has 0 radical (unpaired) electrons. The molecule has 0 fully saturated rings. The SMILES string of the molecule is Cc1nc2ccccc2c(=O)n1-c1ccc(C(=O)C=Cc2ccc(C(F)(F)F)cc2)cc1. The van der Waals surface area contributed by atoms with E-state index >= 15 is 0 Å². The van der Waals surface area contributed by atoms with Crippen LogP contribution in [0.1, 0.15) is 27.3 Å². The molecule has 0 amide bonds. The molecule has 0 saturated carbocycles. The van der Waals surface area contributed by atoms with Gasteiger partial charge in [-0.25, -0.2) is 4.98 Å². The molecule has 7 heteroatoms. The van der Waals surface area contributed by atoms with Gasteiger partial charge in [0, 0.05) is 5.56 Å². The third-order valence-electron chi connectivity index (χ3n) is 5.02. The molecular formula is C25H17F3N2O2. The number of ketones is 1. The summed E-state index contributed by atoms with van der Waals surface area (Å²) in [5.41, 5.74) is 1.11. The van der Waals surface area contributed by atoms with Gasteiger partial charge < -0.3 is 0 Å². The molecule has 3 aromatic carbocycles. The van der Waals surface area contributed by atoms with Crippen LogP contribution >= 0.6 is 0 Å². The number of halogens is 3. The first-order valence-corrected chi connectivity index (χ1v) is 9.72. The fourth-order valence-electron chi connectivity index (χ4n) is 3.37. The number of rotatable bonds is 4. The highest BCUT2D eigenvalue weighted by Gasteiger charge is 2.29. The van der Waals surface area contributed by atoms with Crippen molar-refractivity contribution >= 4 is 22.8 Å². The van der Waals surface area contributed by atoms with Gasteiger partial charge in [0.15, 0.2) is 5.78 Å². The molecule has 0 aliphatic rings. The highest BCUT2D eigenvalue weighted by Crippen LogP contribution is 2.29. The Labute approximate surface area is 181 Å². The van der Waals surface area contributed by atoms with Gasteiger partial charge in [0.1, 0.15) is 5.82 Å². The molecule has 0 aliphatic heterocycles. The molecule has 0 N–H and O–H groups in total. The molecular weight excluding hydrogens is 417 g/mol. The lowest BCUT2D eigenvalue weighted by molar-refractivity contribution is -0.137. The van der Waals surface area contributed by atoms with Crippen molar-refractivity contribution in [2.45, 2.75) is 13.1 Å². The Kier molecular flexibility index (Phi) is 5.48. The van der Waals surface area contributed by atoms with Crippen molar-refractivity contribution < 1.29 is 18.0 Å². The van der Waals surface area contributed by atoms with Crippen molar-refractivity contribution in [1.29, 1.82) is 0 Å². The van der Waals surface area contributed by atoms with E-state index in [9.17, 15) is 22.8 Å². The maximum Gasteiger partial charge on any atom is 0.416 e. The van der Waals surface area contributed by atoms with Crippen molar-refractivity contribution in [1.82, 2.24) is 9.55 Å². The molecule has 4 nitrogen and oxygen atoms in total. The fourth-order valence-corrected chi connectivity index (χ4v) is 3.37. The predicted molar refractivity (Wildman–Crippen MR) is 117 cm³/mol. The summed E-state index contributed by atoms with van der Waals surface area (Å²) in [6.07, 6.45) is -1.65. The van der Waals surface area contributed by atoms with Gasteiger partial charge in [0.2, 0.25) is 0 Å². The first kappa shape index (κ1) is 21.2. The van der Waals surface area contributed by atoms with E-state index in [0.717, 1.165) is 12.1 Å². The average molecular weight is 434 g/mol. The lowest BCUT2D eigenvalue weighted by Gasteiger charge is -2.11. The number of alkyl halides is 3. The monoisotopic (exact) mass is 434 g/mol. The summed E-state index contributed by atoms with van der Waals surface area (Å²) in [4.78, 5) is 29.8. The van der Waals surface area contributed by atoms with E-state index in [0.29, 0.717) is 33.5 Å². The van der Waals surface area contributed by atoms with Gasteiger partial charge in [-0.3, -0.25) is 14.2 Å². The quantitative estimate of drug-likeness (QED) is 0.310. The summed E-state index contributed by atoms with van der Waals surface area (Å²) < 4.78 is 39.4. The van der Waals surface area contributed by atoms with Gasteiger partial charge in [-0.15, -0.1) is 0 Å². The Morgan fingerprint density at radius 2 is 1.59 bits per heavy atom. The number of fused-ring (bicyclic) bond motifs is 1. The molecule has 0 unspecified atom stereocenters. The molecule has 1 heterocycles. The molecule has 0 spiro atoms. The zero-order valence-electron chi connectivity index (χ0n) is 16.9. The standard InChI is InChI=1S/C25H17F3N2O2/c1-16-29-22-5-3-2-4-21(22)24(32)30(16)20-13-9-18(10-14-20)23(31)15-8-17-6-11-19(12-7-17)25(26,27)28/h2-15H,1H3. The predicted octanol–water partition coefficient (Wildman–Crippen LogP) is 5.61. The highest BCUT2D eigenvalue weighted by molar-refractivity contribution is 6.06. The van der Waals surface area contributed by atoms with Crippen LogP contribution in [-0.2, 0) is 6.18 Å². The van der Waals surface area contributed by atoms with Crippen LogP contribution in [0.4, 0.5) is 13.2 Å². The fraction of sp³-hybridized carbons (Fsp3) is 0.0800. The van der Waals surface area contributed by atoms with Crippen molar-refractivity contribution in [3.63, 3.8) is 0 Å². The Morgan fingerprint density at radius 3 is 2.25 bits per heavy atom. The van der Waals surface area contributed by atoms with Gasteiger partial charge in [-0.05, 0) is 67.1 Å². The number of hydrogen-bond acceptors (Lipinski definition) is 3. The minimum absolute atomic E-state index is 0.200. The number of nitrogens with zero attached hydrogens (tertiary/aromatic N) is 2. The smallest absolute Gasteiger partial charge is 0.289 e. The largest absolute Gasteiger partial charge is 0.416 e. The molecule has 4 aromatic rings. The van der Waals surface area contributed by atoms with Crippen molar-refractivity contribution in [2.75, 3.05) is 0 Å². The first-order valence-electron chi connectivity index (χ1n) is 9.72. The van der Waals surface area contributed by atoms with Crippen LogP contribution in [0.3, 0.4) is 0 Å². The van der Waals surface area contributed by atoms with Gasteiger partial charge >= 0.3 is 6.18 Å². The number of para-hydroxylation sites is 1. The van der Waals surface area contributed by atoms with Gasteiger partial charge in [-0.2, -0.15) is 13.2 Å². The van der Waals surface area contributed by atoms with Crippen LogP contribution in [0.25, 0.3) is 22.7 Å². The van der Waals surface area contributed by atoms with Gasteiger partial charge in [0.25, 0.3) is 5.56 Å². The zero-order valence-corrected chi connectivity index (χ0v) is 16.9. The molecule has 4 rings (SSSR count). The summed E-state index contributed by atoms with van der Waals surface area (Å²) >= 11 is 0. The summed E-state index contributed by atoms with van der Waals surface area (Å²) in [6, 6.07) is 18.1. The zero-order chi connectivity index (χ0) is 22.9. The van der Waals surface area contributed by atoms with Crippen LogP contribution in [-0.4, -0.2) is 15.3 Å². The second-order valence-electron chi connectivity index (χ2n) is 7.18. The van der Waals surface area contributed by atoms with Crippen LogP contribution in [0.5, 0.6) is 0 Å². The molecule has 0 atom stereocenters. The van der Waals surface area contributed by atoms with E-state index in [2.05, 4.69) is 4.98 Å². The van der Waals surface area contributed by atoms with Crippen LogP contribution < -0.4 is 5.56 Å². The summed E-state index contributed by atoms with van der Waals surface area (Å²) in [5, 5.41) is 0.498. The van der Waals surface area contributed by atoms with E-state index in [1.54, 1.807) is 49.4 Å². The first-order chi connectivity index (χ1) is 15.2. The van der Waals surface area contributed by atoms with E-state index in [1.165, 1.54) is 28.9 Å². The second kappa shape index (κ2) is 8.26. The Bertz CT molecular complexity index is 1380. The Balaban J connectivity index is 1.56. The van der Waals surface area contributed by atoms with Gasteiger partial charge in [-0.1, -0.05) is 30.3 Å². The molecule has 160 valence electrons. The van der Waals surface area contributed by atoms with Crippen molar-refractivity contribution in [2.24, 2.45) is 0 Å². The van der Waals surface area contributed by atoms with Gasteiger partial charge in [0.05, 0.1) is 22.2 Å². The minimum atomic E-state index is -4.40. The van der Waals surface area contributed by atoms with Crippen LogP contribution in [0, 0.1) is 6.92 Å². The minimum Gasteiger partial charge on any atom is -0.289 e. The van der Waals surface area contributed by atoms with E-state index in [-0.39, 0.29) is 11.3 Å². The number of allylic oxidation sites excluding steroid dienone is 1. The molecule has 32 heavy (non-hydrogen) atoms. The Hall–Kier alpha value is -4.00. The topological polar surface area (TPSA) is 52.0 Å². The van der Waals surface area contributed by atoms with E-state index < -0.39 is 11.7 Å². The Morgan fingerprint density at radius 1 is 0.938 bits per heavy atom. The number of aryl methyl sites for hydroxylation is 1. The average Bonchev–Trinajstić information content (AvgIpc) is 2.77. The summed E-state index contributed by atoms with van der Waals surface area (Å²) in [6.45, 7) is 1.74. The van der Waals surface area contributed by atoms with E-state index in [4.69, 9.17) is 0 Å². The number of carbonyl (C=O) groups is 1. The van der Waals surface area contributed by atoms with Crippen LogP contribution in [0.2, 0.25) is 0 Å². The van der Waals surface area contributed by atoms with E-state index in [1.807, 2.05) is 6.07 Å². The molecule has 0 bridgehead atoms. The van der Waals surface area contributed by atoms with Crippen LogP contribution in [0.15, 0.2) is 83.7 Å². The number of carbonyl (C=O) groups excluding carboxylic acids is 1.